The second kappa shape index (κ2) is 10.4. The number of H-pyrrole nitrogens is 1. The minimum Gasteiger partial charge on any atom is -0.497 e. The molecule has 8 nitrogen and oxygen atoms in total. The summed E-state index contributed by atoms with van der Waals surface area (Å²) >= 11 is 1.31. The molecule has 2 heterocycles. The lowest BCUT2D eigenvalue weighted by atomic mass is 10.1. The number of para-hydroxylation sites is 1. The number of carbonyl (C=O) groups is 1. The highest BCUT2D eigenvalue weighted by Gasteiger charge is 2.22. The minimum atomic E-state index is -0.125. The number of hydrogen-bond donors (Lipinski definition) is 2. The number of methoxy groups -OCH3 is 2. The zero-order valence-corrected chi connectivity index (χ0v) is 21.8. The van der Waals surface area contributed by atoms with Gasteiger partial charge in [0.15, 0.2) is 11.0 Å². The van der Waals surface area contributed by atoms with E-state index in [4.69, 9.17) is 9.47 Å². The summed E-state index contributed by atoms with van der Waals surface area (Å²) in [5, 5.41) is 13.6. The van der Waals surface area contributed by atoms with Gasteiger partial charge in [0.2, 0.25) is 5.91 Å². The lowest BCUT2D eigenvalue weighted by molar-refractivity contribution is -0.113. The van der Waals surface area contributed by atoms with Gasteiger partial charge in [0.05, 0.1) is 25.7 Å². The highest BCUT2D eigenvalue weighted by molar-refractivity contribution is 7.99. The van der Waals surface area contributed by atoms with Gasteiger partial charge in [-0.05, 0) is 49.2 Å². The van der Waals surface area contributed by atoms with E-state index in [1.165, 1.54) is 11.8 Å². The molecule has 188 valence electrons. The third-order valence-electron chi connectivity index (χ3n) is 6.09. The van der Waals surface area contributed by atoms with Crippen molar-refractivity contribution in [3.05, 3.63) is 78.0 Å². The number of thioether (sulfide) groups is 1. The fourth-order valence-corrected chi connectivity index (χ4v) is 4.91. The first-order valence-electron chi connectivity index (χ1n) is 11.7. The third kappa shape index (κ3) is 4.90. The summed E-state index contributed by atoms with van der Waals surface area (Å²) in [6.07, 6.45) is 1.92. The fraction of sp³-hybridized carbons (Fsp3) is 0.179. The molecule has 1 amide bonds. The molecule has 37 heavy (non-hydrogen) atoms. The van der Waals surface area contributed by atoms with E-state index in [-0.39, 0.29) is 11.7 Å². The lowest BCUT2D eigenvalue weighted by Crippen LogP contribution is -2.15. The topological polar surface area (TPSA) is 94.1 Å². The van der Waals surface area contributed by atoms with Crippen LogP contribution in [0.25, 0.3) is 28.0 Å². The Bertz CT molecular complexity index is 1590. The predicted molar refractivity (Wildman–Crippen MR) is 147 cm³/mol. The van der Waals surface area contributed by atoms with Gasteiger partial charge in [-0.2, -0.15) is 0 Å². The van der Waals surface area contributed by atoms with Crippen molar-refractivity contribution in [1.29, 1.82) is 0 Å². The second-order valence-electron chi connectivity index (χ2n) is 8.58. The van der Waals surface area contributed by atoms with Gasteiger partial charge in [-0.15, -0.1) is 10.2 Å². The lowest BCUT2D eigenvalue weighted by Gasteiger charge is -2.15. The molecule has 0 unspecified atom stereocenters. The number of nitrogens with one attached hydrogen (secondary N) is 2. The molecule has 0 aliphatic rings. The number of aryl methyl sites for hydroxylation is 2. The number of aromatic amines is 1. The van der Waals surface area contributed by atoms with Gasteiger partial charge in [0.25, 0.3) is 0 Å². The highest BCUT2D eigenvalue weighted by atomic mass is 32.2. The van der Waals surface area contributed by atoms with Gasteiger partial charge in [-0.3, -0.25) is 9.36 Å². The van der Waals surface area contributed by atoms with Gasteiger partial charge >= 0.3 is 0 Å². The van der Waals surface area contributed by atoms with E-state index in [1.807, 2.05) is 85.3 Å². The third-order valence-corrected chi connectivity index (χ3v) is 7.02. The van der Waals surface area contributed by atoms with E-state index in [2.05, 4.69) is 20.5 Å². The van der Waals surface area contributed by atoms with Gasteiger partial charge in [0, 0.05) is 34.4 Å². The maximum atomic E-state index is 12.9. The van der Waals surface area contributed by atoms with Crippen molar-refractivity contribution >= 4 is 34.3 Å². The van der Waals surface area contributed by atoms with Crippen molar-refractivity contribution in [1.82, 2.24) is 19.7 Å². The molecule has 0 atom stereocenters. The molecule has 0 aliphatic heterocycles. The summed E-state index contributed by atoms with van der Waals surface area (Å²) in [6, 6.07) is 19.6. The van der Waals surface area contributed by atoms with Crippen molar-refractivity contribution in [2.45, 2.75) is 19.0 Å². The highest BCUT2D eigenvalue weighted by Crippen LogP contribution is 2.37. The van der Waals surface area contributed by atoms with Crippen LogP contribution in [0.2, 0.25) is 0 Å². The molecule has 9 heteroatoms. The number of anilines is 1. The van der Waals surface area contributed by atoms with E-state index < -0.39 is 0 Å². The van der Waals surface area contributed by atoms with Crippen molar-refractivity contribution < 1.29 is 14.3 Å². The molecule has 0 spiro atoms. The Morgan fingerprint density at radius 1 is 1.03 bits per heavy atom. The van der Waals surface area contributed by atoms with Crippen molar-refractivity contribution in [2.75, 3.05) is 25.3 Å². The summed E-state index contributed by atoms with van der Waals surface area (Å²) in [7, 11) is 3.23. The largest absolute Gasteiger partial charge is 0.497 e. The average Bonchev–Trinajstić information content (AvgIpc) is 3.53. The van der Waals surface area contributed by atoms with E-state index in [9.17, 15) is 4.79 Å². The number of aromatic nitrogens is 4. The molecule has 0 fully saturated rings. The Morgan fingerprint density at radius 2 is 1.86 bits per heavy atom. The van der Waals surface area contributed by atoms with Crippen molar-refractivity contribution in [3.63, 3.8) is 0 Å². The normalized spacial score (nSPS) is 11.0. The van der Waals surface area contributed by atoms with Crippen LogP contribution < -0.4 is 14.8 Å². The number of rotatable bonds is 8. The summed E-state index contributed by atoms with van der Waals surface area (Å²) in [5.74, 6) is 1.95. The van der Waals surface area contributed by atoms with Crippen LogP contribution in [0.1, 0.15) is 11.1 Å². The number of nitrogens with zero attached hydrogens (tertiary/aromatic N) is 3. The molecule has 2 N–H and O–H groups in total. The van der Waals surface area contributed by atoms with E-state index in [0.29, 0.717) is 28.2 Å². The summed E-state index contributed by atoms with van der Waals surface area (Å²) in [5.41, 5.74) is 5.49. The first-order valence-corrected chi connectivity index (χ1v) is 12.7. The monoisotopic (exact) mass is 513 g/mol. The molecule has 0 radical (unpaired) electrons. The number of carbonyl (C=O) groups excluding carboxylic acids is 1. The molecule has 5 rings (SSSR count). The molecular formula is C28H27N5O3S. The first kappa shape index (κ1) is 24.5. The number of fused-ring (bicyclic) bond motifs is 1. The average molecular weight is 514 g/mol. The van der Waals surface area contributed by atoms with Gasteiger partial charge < -0.3 is 19.8 Å². The maximum absolute atomic E-state index is 12.9. The predicted octanol–water partition coefficient (Wildman–Crippen LogP) is 5.78. The van der Waals surface area contributed by atoms with Gasteiger partial charge in [-0.1, -0.05) is 42.1 Å². The molecule has 0 bridgehead atoms. The summed E-state index contributed by atoms with van der Waals surface area (Å²) in [4.78, 5) is 16.2. The van der Waals surface area contributed by atoms with E-state index >= 15 is 0 Å². The van der Waals surface area contributed by atoms with Crippen molar-refractivity contribution in [2.24, 2.45) is 0 Å². The Morgan fingerprint density at radius 3 is 2.68 bits per heavy atom. The Hall–Kier alpha value is -4.24. The van der Waals surface area contributed by atoms with Gasteiger partial charge in [0.1, 0.15) is 11.5 Å². The van der Waals surface area contributed by atoms with Crippen LogP contribution in [0, 0.1) is 13.8 Å². The molecule has 0 saturated heterocycles. The standard InChI is InChI=1S/C28H27N5O3S/c1-17-9-10-18(2)23(13-17)30-26(34)16-37-28-32-31-27(21-15-29-22-8-6-5-7-20(21)22)33(28)24-14-19(35-3)11-12-25(24)36-4/h5-15,29H,16H2,1-4H3,(H,30,34). The molecule has 3 aromatic carbocycles. The Balaban J connectivity index is 1.54. The van der Waals surface area contributed by atoms with Crippen LogP contribution in [0.5, 0.6) is 11.5 Å². The first-order chi connectivity index (χ1) is 18.0. The van der Waals surface area contributed by atoms with E-state index in [0.717, 1.165) is 33.3 Å². The van der Waals surface area contributed by atoms with Crippen LogP contribution in [0.4, 0.5) is 5.69 Å². The molecule has 5 aromatic rings. The van der Waals surface area contributed by atoms with Crippen molar-refractivity contribution in [3.8, 4) is 28.6 Å². The van der Waals surface area contributed by atoms with Crippen LogP contribution in [0.15, 0.2) is 72.0 Å². The second-order valence-corrected chi connectivity index (χ2v) is 9.53. The van der Waals surface area contributed by atoms with Crippen LogP contribution in [-0.2, 0) is 4.79 Å². The summed E-state index contributed by atoms with van der Waals surface area (Å²) < 4.78 is 13.1. The Kier molecular flexibility index (Phi) is 6.87. The number of hydrogen-bond acceptors (Lipinski definition) is 6. The SMILES string of the molecule is COc1ccc(OC)c(-n2c(SCC(=O)Nc3cc(C)ccc3C)nnc2-c2c[nH]c3ccccc23)c1. The molecule has 0 saturated carbocycles. The number of amides is 1. The number of benzene rings is 3. The fourth-order valence-electron chi connectivity index (χ4n) is 4.17. The zero-order chi connectivity index (χ0) is 25.9. The minimum absolute atomic E-state index is 0.125. The number of ether oxygens (including phenoxy) is 2. The summed E-state index contributed by atoms with van der Waals surface area (Å²) in [6.45, 7) is 3.97. The molecule has 2 aromatic heterocycles. The smallest absolute Gasteiger partial charge is 0.234 e. The van der Waals surface area contributed by atoms with E-state index in [1.54, 1.807) is 14.2 Å². The quantitative estimate of drug-likeness (QED) is 0.256. The van der Waals surface area contributed by atoms with Crippen LogP contribution >= 0.6 is 11.8 Å². The molecule has 0 aliphatic carbocycles. The van der Waals surface area contributed by atoms with Crippen LogP contribution in [0.3, 0.4) is 0 Å². The zero-order valence-electron chi connectivity index (χ0n) is 21.0. The Labute approximate surface area is 219 Å². The van der Waals surface area contributed by atoms with Gasteiger partial charge in [-0.25, -0.2) is 0 Å². The molecular weight excluding hydrogens is 486 g/mol. The maximum Gasteiger partial charge on any atom is 0.234 e. The van der Waals surface area contributed by atoms with Crippen LogP contribution in [-0.4, -0.2) is 45.6 Å².